The Labute approximate surface area is 146 Å². The van der Waals surface area contributed by atoms with Crippen LogP contribution >= 0.6 is 0 Å². The Morgan fingerprint density at radius 1 is 0.542 bits per heavy atom. The van der Waals surface area contributed by atoms with Crippen molar-refractivity contribution in [2.24, 2.45) is 0 Å². The Morgan fingerprint density at radius 2 is 1.21 bits per heavy atom. The first-order valence-electron chi connectivity index (χ1n) is 8.86. The maximum atomic E-state index is 2.28. The number of hydrogen-bond acceptors (Lipinski definition) is 0. The summed E-state index contributed by atoms with van der Waals surface area (Å²) in [5, 5.41) is 0. The van der Waals surface area contributed by atoms with E-state index in [-0.39, 0.29) is 0 Å². The lowest BCUT2D eigenvalue weighted by Crippen LogP contribution is -1.96. The van der Waals surface area contributed by atoms with Crippen LogP contribution in [0, 0.1) is 0 Å². The molecule has 0 aliphatic carbocycles. The standard InChI is InChI=1S/C24H26/c1-17(2)19-13-15-21(16-14-19)24-22(18(3)4)11-8-12-23(24)20-9-6-5-7-10-20/h5-18H,1-4H3. The van der Waals surface area contributed by atoms with E-state index in [0.717, 1.165) is 0 Å². The van der Waals surface area contributed by atoms with E-state index in [9.17, 15) is 0 Å². The highest BCUT2D eigenvalue weighted by atomic mass is 14.2. The van der Waals surface area contributed by atoms with Gasteiger partial charge in [0.05, 0.1) is 0 Å². The normalized spacial score (nSPS) is 11.2. The molecule has 0 unspecified atom stereocenters. The molecule has 0 radical (unpaired) electrons. The van der Waals surface area contributed by atoms with Crippen molar-refractivity contribution in [2.75, 3.05) is 0 Å². The van der Waals surface area contributed by atoms with Gasteiger partial charge in [-0.25, -0.2) is 0 Å². The number of hydrogen-bond donors (Lipinski definition) is 0. The fraction of sp³-hybridized carbons (Fsp3) is 0.250. The van der Waals surface area contributed by atoms with Gasteiger partial charge in [0.1, 0.15) is 0 Å². The Morgan fingerprint density at radius 3 is 1.79 bits per heavy atom. The maximum absolute atomic E-state index is 2.28. The van der Waals surface area contributed by atoms with Crippen LogP contribution in [0.25, 0.3) is 22.3 Å². The molecule has 122 valence electrons. The van der Waals surface area contributed by atoms with Crippen molar-refractivity contribution in [3.63, 3.8) is 0 Å². The summed E-state index contributed by atoms with van der Waals surface area (Å²) in [5.41, 5.74) is 8.08. The maximum Gasteiger partial charge on any atom is -0.00707 e. The zero-order valence-electron chi connectivity index (χ0n) is 15.1. The fourth-order valence-electron chi connectivity index (χ4n) is 3.27. The van der Waals surface area contributed by atoms with Gasteiger partial charge in [-0.1, -0.05) is 100 Å². The molecule has 0 nitrogen and oxygen atoms in total. The zero-order chi connectivity index (χ0) is 17.1. The molecule has 0 amide bonds. The molecule has 0 aromatic heterocycles. The second kappa shape index (κ2) is 7.05. The molecule has 0 saturated heterocycles. The van der Waals surface area contributed by atoms with Gasteiger partial charge in [0.25, 0.3) is 0 Å². The van der Waals surface area contributed by atoms with E-state index >= 15 is 0 Å². The number of rotatable bonds is 4. The van der Waals surface area contributed by atoms with E-state index in [2.05, 4.69) is 100 Å². The highest BCUT2D eigenvalue weighted by molar-refractivity contribution is 5.86. The lowest BCUT2D eigenvalue weighted by molar-refractivity contribution is 0.864. The van der Waals surface area contributed by atoms with Crippen LogP contribution in [0.4, 0.5) is 0 Å². The van der Waals surface area contributed by atoms with Crippen molar-refractivity contribution in [3.05, 3.63) is 83.9 Å². The van der Waals surface area contributed by atoms with Gasteiger partial charge in [0, 0.05) is 0 Å². The molecule has 3 rings (SSSR count). The highest BCUT2D eigenvalue weighted by Crippen LogP contribution is 2.38. The van der Waals surface area contributed by atoms with E-state index in [4.69, 9.17) is 0 Å². The molecule has 3 aromatic carbocycles. The van der Waals surface area contributed by atoms with E-state index in [0.29, 0.717) is 11.8 Å². The minimum Gasteiger partial charge on any atom is -0.0622 e. The molecule has 0 N–H and O–H groups in total. The summed E-state index contributed by atoms with van der Waals surface area (Å²) in [5.74, 6) is 1.06. The van der Waals surface area contributed by atoms with Crippen molar-refractivity contribution in [1.29, 1.82) is 0 Å². The molecule has 0 aliphatic heterocycles. The fourth-order valence-corrected chi connectivity index (χ4v) is 3.27. The van der Waals surface area contributed by atoms with Gasteiger partial charge in [0.15, 0.2) is 0 Å². The van der Waals surface area contributed by atoms with E-state index < -0.39 is 0 Å². The summed E-state index contributed by atoms with van der Waals surface area (Å²) in [6, 6.07) is 26.5. The molecule has 0 aliphatic rings. The molecule has 0 atom stereocenters. The van der Waals surface area contributed by atoms with Crippen LogP contribution < -0.4 is 0 Å². The summed E-state index contributed by atoms with van der Waals surface area (Å²) < 4.78 is 0. The van der Waals surface area contributed by atoms with Crippen molar-refractivity contribution in [2.45, 2.75) is 39.5 Å². The first-order chi connectivity index (χ1) is 11.6. The molecule has 0 fully saturated rings. The summed E-state index contributed by atoms with van der Waals surface area (Å²) >= 11 is 0. The molecule has 0 saturated carbocycles. The summed E-state index contributed by atoms with van der Waals surface area (Å²) in [6.07, 6.45) is 0. The average molecular weight is 314 g/mol. The molecule has 24 heavy (non-hydrogen) atoms. The summed E-state index contributed by atoms with van der Waals surface area (Å²) in [4.78, 5) is 0. The molecular weight excluding hydrogens is 288 g/mol. The molecule has 0 bridgehead atoms. The zero-order valence-corrected chi connectivity index (χ0v) is 15.1. The third-order valence-corrected chi connectivity index (χ3v) is 4.67. The lowest BCUT2D eigenvalue weighted by Gasteiger charge is -2.18. The second-order valence-corrected chi connectivity index (χ2v) is 7.07. The SMILES string of the molecule is CC(C)c1ccc(-c2c(-c3ccccc3)cccc2C(C)C)cc1. The van der Waals surface area contributed by atoms with Crippen molar-refractivity contribution in [3.8, 4) is 22.3 Å². The monoisotopic (exact) mass is 314 g/mol. The van der Waals surface area contributed by atoms with Crippen LogP contribution in [0.15, 0.2) is 72.8 Å². The summed E-state index contributed by atoms with van der Waals surface area (Å²) in [6.45, 7) is 9.03. The van der Waals surface area contributed by atoms with Gasteiger partial charge in [-0.05, 0) is 45.2 Å². The predicted molar refractivity (Wildman–Crippen MR) is 105 cm³/mol. The Hall–Kier alpha value is -2.34. The Bertz CT molecular complexity index is 793. The average Bonchev–Trinajstić information content (AvgIpc) is 2.62. The quantitative estimate of drug-likeness (QED) is 0.475. The predicted octanol–water partition coefficient (Wildman–Crippen LogP) is 7.27. The molecular formula is C24H26. The minimum absolute atomic E-state index is 0.494. The molecule has 0 spiro atoms. The van der Waals surface area contributed by atoms with Crippen LogP contribution in [0.1, 0.15) is 50.7 Å². The Kier molecular flexibility index (Phi) is 4.85. The first kappa shape index (κ1) is 16.5. The van der Waals surface area contributed by atoms with Gasteiger partial charge >= 0.3 is 0 Å². The highest BCUT2D eigenvalue weighted by Gasteiger charge is 2.14. The summed E-state index contributed by atoms with van der Waals surface area (Å²) in [7, 11) is 0. The Balaban J connectivity index is 2.20. The third kappa shape index (κ3) is 3.28. The van der Waals surface area contributed by atoms with E-state index in [1.165, 1.54) is 33.4 Å². The topological polar surface area (TPSA) is 0 Å². The molecule has 3 aromatic rings. The van der Waals surface area contributed by atoms with E-state index in [1.807, 2.05) is 0 Å². The van der Waals surface area contributed by atoms with E-state index in [1.54, 1.807) is 0 Å². The molecule has 0 heteroatoms. The minimum atomic E-state index is 0.494. The van der Waals surface area contributed by atoms with Crippen LogP contribution in [-0.4, -0.2) is 0 Å². The van der Waals surface area contributed by atoms with Crippen molar-refractivity contribution in [1.82, 2.24) is 0 Å². The van der Waals surface area contributed by atoms with Crippen LogP contribution in [0.2, 0.25) is 0 Å². The van der Waals surface area contributed by atoms with Gasteiger partial charge in [-0.15, -0.1) is 0 Å². The largest absolute Gasteiger partial charge is 0.0622 e. The third-order valence-electron chi connectivity index (χ3n) is 4.67. The van der Waals surface area contributed by atoms with Crippen molar-refractivity contribution >= 4 is 0 Å². The van der Waals surface area contributed by atoms with Gasteiger partial charge in [0.2, 0.25) is 0 Å². The van der Waals surface area contributed by atoms with Gasteiger partial charge in [-0.3, -0.25) is 0 Å². The molecule has 0 heterocycles. The smallest absolute Gasteiger partial charge is 0.00707 e. The van der Waals surface area contributed by atoms with Crippen molar-refractivity contribution < 1.29 is 0 Å². The first-order valence-corrected chi connectivity index (χ1v) is 8.86. The van der Waals surface area contributed by atoms with Crippen LogP contribution in [0.3, 0.4) is 0 Å². The van der Waals surface area contributed by atoms with Crippen LogP contribution in [0.5, 0.6) is 0 Å². The van der Waals surface area contributed by atoms with Gasteiger partial charge in [-0.2, -0.15) is 0 Å². The number of benzene rings is 3. The lowest BCUT2D eigenvalue weighted by atomic mass is 9.86. The van der Waals surface area contributed by atoms with Crippen LogP contribution in [-0.2, 0) is 0 Å². The van der Waals surface area contributed by atoms with Gasteiger partial charge < -0.3 is 0 Å². The second-order valence-electron chi connectivity index (χ2n) is 7.07.